The molecule has 34 heavy (non-hydrogen) atoms. The topological polar surface area (TPSA) is 88.7 Å². The Bertz CT molecular complexity index is 1130. The third-order valence-electron chi connectivity index (χ3n) is 4.62. The summed E-state index contributed by atoms with van der Waals surface area (Å²) in [5.74, 6) is 0.195. The second kappa shape index (κ2) is 12.8. The third-order valence-corrected chi connectivity index (χ3v) is 4.83. The van der Waals surface area contributed by atoms with E-state index in [4.69, 9.17) is 21.7 Å². The molecule has 0 unspecified atom stereocenters. The van der Waals surface area contributed by atoms with Crippen LogP contribution in [-0.4, -0.2) is 30.1 Å². The second-order valence-corrected chi connectivity index (χ2v) is 7.47. The van der Waals surface area contributed by atoms with Crippen molar-refractivity contribution in [2.75, 3.05) is 13.2 Å². The van der Waals surface area contributed by atoms with E-state index >= 15 is 0 Å². The van der Waals surface area contributed by atoms with Gasteiger partial charge in [0.05, 0.1) is 12.2 Å². The number of hydrogen-bond donors (Lipinski definition) is 3. The quantitative estimate of drug-likeness (QED) is 0.248. The van der Waals surface area contributed by atoms with Crippen LogP contribution in [0.3, 0.4) is 0 Å². The van der Waals surface area contributed by atoms with Gasteiger partial charge in [0, 0.05) is 12.0 Å². The molecular weight excluding hydrogens is 450 g/mol. The molecule has 7 nitrogen and oxygen atoms in total. The van der Waals surface area contributed by atoms with Gasteiger partial charge in [0.25, 0.3) is 11.8 Å². The van der Waals surface area contributed by atoms with Gasteiger partial charge in [0.2, 0.25) is 0 Å². The Kier molecular flexibility index (Phi) is 9.19. The first-order valence-corrected chi connectivity index (χ1v) is 11.0. The second-order valence-electron chi connectivity index (χ2n) is 7.07. The van der Waals surface area contributed by atoms with E-state index in [0.717, 1.165) is 5.56 Å². The Hall–Kier alpha value is -4.17. The van der Waals surface area contributed by atoms with E-state index in [9.17, 15) is 9.59 Å². The van der Waals surface area contributed by atoms with Gasteiger partial charge in [-0.2, -0.15) is 0 Å². The summed E-state index contributed by atoms with van der Waals surface area (Å²) < 4.78 is 11.2. The largest absolute Gasteiger partial charge is 0.492 e. The Morgan fingerprint density at radius 3 is 2.29 bits per heavy atom. The summed E-state index contributed by atoms with van der Waals surface area (Å²) in [6.07, 6.45) is 2.35. The molecule has 0 aliphatic carbocycles. The molecule has 0 radical (unpaired) electrons. The third kappa shape index (κ3) is 7.46. The molecule has 8 heteroatoms. The van der Waals surface area contributed by atoms with E-state index in [1.54, 1.807) is 54.6 Å². The molecule has 0 bridgehead atoms. The lowest BCUT2D eigenvalue weighted by atomic mass is 10.1. The normalized spacial score (nSPS) is 10.0. The maximum Gasteiger partial charge on any atom is 0.269 e. The van der Waals surface area contributed by atoms with Gasteiger partial charge in [0.15, 0.2) is 5.11 Å². The van der Waals surface area contributed by atoms with Gasteiger partial charge >= 0.3 is 0 Å². The van der Waals surface area contributed by atoms with Crippen molar-refractivity contribution in [3.8, 4) is 11.5 Å². The van der Waals surface area contributed by atoms with E-state index in [0.29, 0.717) is 42.3 Å². The van der Waals surface area contributed by atoms with Crippen LogP contribution in [0.15, 0.2) is 91.5 Å². The van der Waals surface area contributed by atoms with E-state index in [1.807, 2.05) is 30.3 Å². The van der Waals surface area contributed by atoms with Crippen molar-refractivity contribution < 1.29 is 19.1 Å². The molecule has 0 atom stereocenters. The highest BCUT2D eigenvalue weighted by Gasteiger charge is 2.14. The van der Waals surface area contributed by atoms with Gasteiger partial charge in [-0.15, -0.1) is 0 Å². The number of para-hydroxylation sites is 1. The molecule has 0 saturated heterocycles. The van der Waals surface area contributed by atoms with Gasteiger partial charge in [0.1, 0.15) is 18.1 Å². The molecule has 0 aromatic heterocycles. The van der Waals surface area contributed by atoms with Gasteiger partial charge < -0.3 is 9.47 Å². The zero-order chi connectivity index (χ0) is 24.2. The van der Waals surface area contributed by atoms with Crippen LogP contribution in [0, 0.1) is 0 Å². The lowest BCUT2D eigenvalue weighted by Crippen LogP contribution is -2.48. The van der Waals surface area contributed by atoms with Crippen molar-refractivity contribution in [2.24, 2.45) is 0 Å². The number of hydrazine groups is 1. The Morgan fingerprint density at radius 1 is 0.853 bits per heavy atom. The first kappa shape index (κ1) is 24.5. The summed E-state index contributed by atoms with van der Waals surface area (Å²) in [6.45, 7) is 4.38. The molecular formula is C26H25N3O4S. The van der Waals surface area contributed by atoms with Crippen LogP contribution < -0.4 is 25.6 Å². The lowest BCUT2D eigenvalue weighted by molar-refractivity contribution is 0.0933. The summed E-state index contributed by atoms with van der Waals surface area (Å²) in [5, 5.41) is 2.49. The summed E-state index contributed by atoms with van der Waals surface area (Å²) in [7, 11) is 0. The fraction of sp³-hybridized carbons (Fsp3) is 0.115. The smallest absolute Gasteiger partial charge is 0.269 e. The van der Waals surface area contributed by atoms with Crippen molar-refractivity contribution in [3.63, 3.8) is 0 Å². The highest BCUT2D eigenvalue weighted by molar-refractivity contribution is 7.80. The summed E-state index contributed by atoms with van der Waals surface area (Å²) in [4.78, 5) is 25.0. The standard InChI is InChI=1S/C26H25N3O4S/c1-2-17-32-21-14-12-20(13-15-21)24(30)28-29-26(34)27-25(31)22-10-6-7-11-23(22)33-18-16-19-8-4-3-5-9-19/h2-15H,1,16-18H2,(H,28,30)(H2,27,29,31,34). The molecule has 3 aromatic carbocycles. The molecule has 174 valence electrons. The number of benzene rings is 3. The van der Waals surface area contributed by atoms with Crippen molar-refractivity contribution in [3.05, 3.63) is 108 Å². The molecule has 3 N–H and O–H groups in total. The fourth-order valence-electron chi connectivity index (χ4n) is 2.95. The zero-order valence-electron chi connectivity index (χ0n) is 18.5. The maximum atomic E-state index is 12.7. The highest BCUT2D eigenvalue weighted by atomic mass is 32.1. The van der Waals surface area contributed by atoms with Crippen LogP contribution >= 0.6 is 12.2 Å². The van der Waals surface area contributed by atoms with Crippen molar-refractivity contribution in [1.82, 2.24) is 16.2 Å². The Balaban J connectivity index is 1.49. The molecule has 0 spiro atoms. The predicted octanol–water partition coefficient (Wildman–Crippen LogP) is 3.82. The van der Waals surface area contributed by atoms with Crippen molar-refractivity contribution in [2.45, 2.75) is 6.42 Å². The van der Waals surface area contributed by atoms with E-state index in [2.05, 4.69) is 22.7 Å². The molecule has 3 aromatic rings. The minimum absolute atomic E-state index is 0.0524. The maximum absolute atomic E-state index is 12.7. The number of carbonyl (C=O) groups is 2. The minimum Gasteiger partial charge on any atom is -0.492 e. The number of ether oxygens (including phenoxy) is 2. The van der Waals surface area contributed by atoms with Gasteiger partial charge in [-0.25, -0.2) is 0 Å². The summed E-state index contributed by atoms with van der Waals surface area (Å²) in [5.41, 5.74) is 6.85. The van der Waals surface area contributed by atoms with Crippen molar-refractivity contribution >= 4 is 29.1 Å². The van der Waals surface area contributed by atoms with Crippen LogP contribution in [0.25, 0.3) is 0 Å². The molecule has 2 amide bonds. The van der Waals surface area contributed by atoms with Crippen molar-refractivity contribution in [1.29, 1.82) is 0 Å². The van der Waals surface area contributed by atoms with Crippen LogP contribution in [-0.2, 0) is 6.42 Å². The van der Waals surface area contributed by atoms with Crippen LogP contribution in [0.2, 0.25) is 0 Å². The average molecular weight is 476 g/mol. The molecule has 0 fully saturated rings. The molecule has 0 heterocycles. The zero-order valence-corrected chi connectivity index (χ0v) is 19.3. The monoisotopic (exact) mass is 475 g/mol. The van der Waals surface area contributed by atoms with Crippen LogP contribution in [0.1, 0.15) is 26.3 Å². The molecule has 0 aliphatic heterocycles. The number of amides is 2. The Morgan fingerprint density at radius 2 is 1.56 bits per heavy atom. The highest BCUT2D eigenvalue weighted by Crippen LogP contribution is 2.18. The van der Waals surface area contributed by atoms with Gasteiger partial charge in [-0.1, -0.05) is 55.1 Å². The Labute approximate surface area is 203 Å². The van der Waals surface area contributed by atoms with Crippen LogP contribution in [0.5, 0.6) is 11.5 Å². The molecule has 3 rings (SSSR count). The van der Waals surface area contributed by atoms with Gasteiger partial charge in [-0.05, 0) is 54.2 Å². The minimum atomic E-state index is -0.453. The molecule has 0 saturated carbocycles. The average Bonchev–Trinajstić information content (AvgIpc) is 2.87. The SMILES string of the molecule is C=CCOc1ccc(C(=O)NNC(=S)NC(=O)c2ccccc2OCCc2ccccc2)cc1. The summed E-state index contributed by atoms with van der Waals surface area (Å²) in [6, 6.07) is 23.4. The summed E-state index contributed by atoms with van der Waals surface area (Å²) >= 11 is 5.13. The van der Waals surface area contributed by atoms with Gasteiger partial charge in [-0.3, -0.25) is 25.8 Å². The number of hydrogen-bond acceptors (Lipinski definition) is 5. The van der Waals surface area contributed by atoms with E-state index in [1.165, 1.54) is 0 Å². The first-order chi connectivity index (χ1) is 16.6. The number of rotatable bonds is 9. The lowest BCUT2D eigenvalue weighted by Gasteiger charge is -2.13. The number of carbonyl (C=O) groups excluding carboxylic acids is 2. The molecule has 0 aliphatic rings. The number of thiocarbonyl (C=S) groups is 1. The predicted molar refractivity (Wildman–Crippen MR) is 135 cm³/mol. The van der Waals surface area contributed by atoms with E-state index in [-0.39, 0.29) is 5.11 Å². The first-order valence-electron chi connectivity index (χ1n) is 10.6. The fourth-order valence-corrected chi connectivity index (χ4v) is 3.09. The van der Waals surface area contributed by atoms with E-state index < -0.39 is 11.8 Å². The number of nitrogens with one attached hydrogen (secondary N) is 3. The van der Waals surface area contributed by atoms with Crippen LogP contribution in [0.4, 0.5) is 0 Å².